The largest absolute Gasteiger partial charge is 0.324 e. The maximum Gasteiger partial charge on any atom is 0.238 e. The predicted molar refractivity (Wildman–Crippen MR) is 105 cm³/mol. The molecular formula is C22H22N2O2. The molecule has 0 aromatic heterocycles. The predicted octanol–water partition coefficient (Wildman–Crippen LogP) is 4.33. The second-order valence-corrected chi connectivity index (χ2v) is 6.32. The number of anilines is 1. The molecule has 0 bridgehead atoms. The third-order valence-electron chi connectivity index (χ3n) is 4.44. The molecule has 0 unspecified atom stereocenters. The molecule has 0 saturated heterocycles. The van der Waals surface area contributed by atoms with Gasteiger partial charge in [0.25, 0.3) is 0 Å². The zero-order valence-electron chi connectivity index (χ0n) is 15.0. The molecule has 4 nitrogen and oxygen atoms in total. The normalized spacial score (nSPS) is 11.9. The number of ketones is 1. The zero-order valence-corrected chi connectivity index (χ0v) is 15.0. The van der Waals surface area contributed by atoms with Crippen LogP contribution >= 0.6 is 0 Å². The van der Waals surface area contributed by atoms with E-state index in [4.69, 9.17) is 0 Å². The van der Waals surface area contributed by atoms with Gasteiger partial charge in [-0.15, -0.1) is 0 Å². The van der Waals surface area contributed by atoms with Crippen molar-refractivity contribution in [2.24, 2.45) is 0 Å². The topological polar surface area (TPSA) is 58.2 Å². The molecule has 0 aliphatic rings. The molecule has 1 atom stereocenters. The van der Waals surface area contributed by atoms with Crippen molar-refractivity contribution in [3.8, 4) is 0 Å². The van der Waals surface area contributed by atoms with Crippen LogP contribution in [0.5, 0.6) is 0 Å². The van der Waals surface area contributed by atoms with Crippen LogP contribution in [0, 0.1) is 0 Å². The van der Waals surface area contributed by atoms with E-state index in [1.165, 1.54) is 17.7 Å². The average molecular weight is 346 g/mol. The first-order chi connectivity index (χ1) is 12.6. The molecule has 4 heteroatoms. The lowest BCUT2D eigenvalue weighted by Crippen LogP contribution is -2.30. The number of rotatable bonds is 6. The molecule has 2 N–H and O–H groups in total. The number of Topliss-reactive ketones (excluding diaryl/α,β-unsaturated/α-hetero) is 1. The van der Waals surface area contributed by atoms with Gasteiger partial charge >= 0.3 is 0 Å². The smallest absolute Gasteiger partial charge is 0.238 e. The minimum Gasteiger partial charge on any atom is -0.324 e. The standard InChI is InChI=1S/C22H22N2O2/c1-15(18-12-7-9-17-8-3-4-11-20(17)18)23-14-22(26)24-21-13-6-5-10-19(21)16(2)25/h3-13,15,23H,14H2,1-2H3,(H,24,26)/t15-/m1/s1. The van der Waals surface area contributed by atoms with E-state index in [9.17, 15) is 9.59 Å². The summed E-state index contributed by atoms with van der Waals surface area (Å²) in [6.45, 7) is 3.70. The van der Waals surface area contributed by atoms with Gasteiger partial charge in [0, 0.05) is 11.6 Å². The van der Waals surface area contributed by atoms with Crippen LogP contribution in [-0.4, -0.2) is 18.2 Å². The number of carbonyl (C=O) groups excluding carboxylic acids is 2. The van der Waals surface area contributed by atoms with Crippen molar-refractivity contribution < 1.29 is 9.59 Å². The fourth-order valence-corrected chi connectivity index (χ4v) is 3.08. The third kappa shape index (κ3) is 3.98. The Labute approximate surface area is 153 Å². The summed E-state index contributed by atoms with van der Waals surface area (Å²) in [7, 11) is 0. The second kappa shape index (κ2) is 7.93. The van der Waals surface area contributed by atoms with Gasteiger partial charge in [0.1, 0.15) is 0 Å². The highest BCUT2D eigenvalue weighted by atomic mass is 16.2. The molecule has 3 aromatic carbocycles. The molecule has 1 amide bonds. The van der Waals surface area contributed by atoms with E-state index in [0.29, 0.717) is 11.3 Å². The van der Waals surface area contributed by atoms with Crippen molar-refractivity contribution >= 4 is 28.2 Å². The van der Waals surface area contributed by atoms with Crippen LogP contribution in [0.1, 0.15) is 35.8 Å². The maximum absolute atomic E-state index is 12.3. The summed E-state index contributed by atoms with van der Waals surface area (Å²) < 4.78 is 0. The van der Waals surface area contributed by atoms with Gasteiger partial charge in [-0.05, 0) is 42.3 Å². The quantitative estimate of drug-likeness (QED) is 0.653. The van der Waals surface area contributed by atoms with E-state index in [0.717, 1.165) is 5.56 Å². The molecule has 0 radical (unpaired) electrons. The lowest BCUT2D eigenvalue weighted by Gasteiger charge is -2.17. The van der Waals surface area contributed by atoms with E-state index in [1.807, 2.05) is 25.1 Å². The monoisotopic (exact) mass is 346 g/mol. The molecule has 0 aliphatic heterocycles. The Morgan fingerprint density at radius 2 is 1.62 bits per heavy atom. The summed E-state index contributed by atoms with van der Waals surface area (Å²) in [4.78, 5) is 24.0. The molecule has 26 heavy (non-hydrogen) atoms. The van der Waals surface area contributed by atoms with Gasteiger partial charge in [-0.2, -0.15) is 0 Å². The van der Waals surface area contributed by atoms with E-state index in [1.54, 1.807) is 24.3 Å². The first-order valence-corrected chi connectivity index (χ1v) is 8.67. The Balaban J connectivity index is 1.67. The molecule has 0 fully saturated rings. The number of carbonyl (C=O) groups is 2. The van der Waals surface area contributed by atoms with Crippen LogP contribution in [0.3, 0.4) is 0 Å². The van der Waals surface area contributed by atoms with Crippen LogP contribution in [0.25, 0.3) is 10.8 Å². The molecule has 3 rings (SSSR count). The third-order valence-corrected chi connectivity index (χ3v) is 4.44. The minimum atomic E-state index is -0.175. The highest BCUT2D eigenvalue weighted by Gasteiger charge is 2.12. The first-order valence-electron chi connectivity index (χ1n) is 8.67. The van der Waals surface area contributed by atoms with Gasteiger partial charge in [0.05, 0.1) is 12.2 Å². The van der Waals surface area contributed by atoms with Crippen molar-refractivity contribution in [2.75, 3.05) is 11.9 Å². The molecule has 3 aromatic rings. The number of amides is 1. The van der Waals surface area contributed by atoms with Gasteiger partial charge in [0.15, 0.2) is 5.78 Å². The number of hydrogen-bond acceptors (Lipinski definition) is 3. The van der Waals surface area contributed by atoms with E-state index < -0.39 is 0 Å². The average Bonchev–Trinajstić information content (AvgIpc) is 2.66. The molecule has 0 saturated carbocycles. The van der Waals surface area contributed by atoms with Crippen LogP contribution < -0.4 is 10.6 Å². The number of fused-ring (bicyclic) bond motifs is 1. The fraction of sp³-hybridized carbons (Fsp3) is 0.182. The van der Waals surface area contributed by atoms with Gasteiger partial charge < -0.3 is 10.6 Å². The highest BCUT2D eigenvalue weighted by Crippen LogP contribution is 2.24. The lowest BCUT2D eigenvalue weighted by atomic mass is 10.00. The van der Waals surface area contributed by atoms with Gasteiger partial charge in [-0.25, -0.2) is 0 Å². The Morgan fingerprint density at radius 1 is 0.923 bits per heavy atom. The second-order valence-electron chi connectivity index (χ2n) is 6.32. The summed E-state index contributed by atoms with van der Waals surface area (Å²) in [5.74, 6) is -0.247. The Kier molecular flexibility index (Phi) is 5.44. The van der Waals surface area contributed by atoms with Crippen molar-refractivity contribution in [1.82, 2.24) is 5.32 Å². The van der Waals surface area contributed by atoms with E-state index >= 15 is 0 Å². The molecule has 0 heterocycles. The Hall–Kier alpha value is -2.98. The molecular weight excluding hydrogens is 324 g/mol. The summed E-state index contributed by atoms with van der Waals surface area (Å²) in [6.07, 6.45) is 0. The number of para-hydroxylation sites is 1. The SMILES string of the molecule is CC(=O)c1ccccc1NC(=O)CN[C@H](C)c1cccc2ccccc12. The number of nitrogens with one attached hydrogen (secondary N) is 2. The maximum atomic E-state index is 12.3. The summed E-state index contributed by atoms with van der Waals surface area (Å²) in [5, 5.41) is 8.43. The Bertz CT molecular complexity index is 944. The fourth-order valence-electron chi connectivity index (χ4n) is 3.08. The van der Waals surface area contributed by atoms with Crippen LogP contribution in [0.2, 0.25) is 0 Å². The molecule has 0 spiro atoms. The Morgan fingerprint density at radius 3 is 2.42 bits per heavy atom. The van der Waals surface area contributed by atoms with Crippen LogP contribution in [0.15, 0.2) is 66.7 Å². The van der Waals surface area contributed by atoms with Crippen molar-refractivity contribution in [1.29, 1.82) is 0 Å². The van der Waals surface area contributed by atoms with Crippen LogP contribution in [0.4, 0.5) is 5.69 Å². The van der Waals surface area contributed by atoms with E-state index in [2.05, 4.69) is 34.9 Å². The van der Waals surface area contributed by atoms with Crippen molar-refractivity contribution in [3.63, 3.8) is 0 Å². The number of benzene rings is 3. The zero-order chi connectivity index (χ0) is 18.5. The van der Waals surface area contributed by atoms with Gasteiger partial charge in [-0.1, -0.05) is 54.6 Å². The summed E-state index contributed by atoms with van der Waals surface area (Å²) in [6, 6.07) is 21.4. The van der Waals surface area contributed by atoms with Crippen LogP contribution in [-0.2, 0) is 4.79 Å². The lowest BCUT2D eigenvalue weighted by molar-refractivity contribution is -0.115. The summed E-state index contributed by atoms with van der Waals surface area (Å²) in [5.41, 5.74) is 2.22. The first kappa shape index (κ1) is 17.8. The minimum absolute atomic E-state index is 0.0231. The number of hydrogen-bond donors (Lipinski definition) is 2. The molecule has 0 aliphatic carbocycles. The highest BCUT2D eigenvalue weighted by molar-refractivity contribution is 6.04. The van der Waals surface area contributed by atoms with Crippen molar-refractivity contribution in [2.45, 2.75) is 19.9 Å². The van der Waals surface area contributed by atoms with Gasteiger partial charge in [-0.3, -0.25) is 9.59 Å². The van der Waals surface area contributed by atoms with E-state index in [-0.39, 0.29) is 24.3 Å². The van der Waals surface area contributed by atoms with Gasteiger partial charge in [0.2, 0.25) is 5.91 Å². The summed E-state index contributed by atoms with van der Waals surface area (Å²) >= 11 is 0. The molecule has 132 valence electrons. The van der Waals surface area contributed by atoms with Crippen molar-refractivity contribution in [3.05, 3.63) is 77.9 Å².